The van der Waals surface area contributed by atoms with Crippen molar-refractivity contribution in [2.75, 3.05) is 0 Å². The van der Waals surface area contributed by atoms with Gasteiger partial charge in [-0.15, -0.1) is 0 Å². The molecule has 1 rings (SSSR count). The Balaban J connectivity index is 2.81. The number of ketones is 1. The highest BCUT2D eigenvalue weighted by Crippen LogP contribution is 2.27. The summed E-state index contributed by atoms with van der Waals surface area (Å²) >= 11 is 6.35. The number of Topliss-reactive ketones (excluding diaryl/α,β-unsaturated/α-hetero) is 1. The molecular weight excluding hydrogens is 347 g/mol. The Kier molecular flexibility index (Phi) is 7.55. The number of ether oxygens (including phenoxy) is 1. The topological polar surface area (TPSA) is 43.4 Å². The van der Waals surface area contributed by atoms with Crippen molar-refractivity contribution < 1.29 is 18.7 Å². The number of halogens is 1. The molecular formula is C18H23FO3S2. The summed E-state index contributed by atoms with van der Waals surface area (Å²) in [6.45, 7) is 8.84. The zero-order valence-electron chi connectivity index (χ0n) is 14.6. The van der Waals surface area contributed by atoms with E-state index in [1.54, 1.807) is 34.6 Å². The summed E-state index contributed by atoms with van der Waals surface area (Å²) in [5, 5.41) is 0. The fourth-order valence-corrected chi connectivity index (χ4v) is 3.11. The Hall–Kier alpha value is -1.27. The average molecular weight is 371 g/mol. The lowest BCUT2D eigenvalue weighted by molar-refractivity contribution is -0.154. The van der Waals surface area contributed by atoms with Crippen LogP contribution < -0.4 is 0 Å². The molecule has 0 N–H and O–H groups in total. The minimum Gasteiger partial charge on any atom is -0.450 e. The van der Waals surface area contributed by atoms with Crippen molar-refractivity contribution >= 4 is 39.9 Å². The molecule has 2 unspecified atom stereocenters. The molecule has 132 valence electrons. The molecule has 1 aromatic carbocycles. The minimum absolute atomic E-state index is 0.116. The van der Waals surface area contributed by atoms with Crippen LogP contribution in [0.2, 0.25) is 0 Å². The first-order valence-electron chi connectivity index (χ1n) is 7.68. The van der Waals surface area contributed by atoms with Gasteiger partial charge in [-0.25, -0.2) is 4.39 Å². The maximum absolute atomic E-state index is 13.0. The van der Waals surface area contributed by atoms with Crippen LogP contribution in [0.4, 0.5) is 4.39 Å². The van der Waals surface area contributed by atoms with E-state index in [9.17, 15) is 14.0 Å². The zero-order valence-corrected chi connectivity index (χ0v) is 16.2. The molecule has 0 fully saturated rings. The van der Waals surface area contributed by atoms with Gasteiger partial charge < -0.3 is 4.74 Å². The van der Waals surface area contributed by atoms with E-state index in [2.05, 4.69) is 0 Å². The fraction of sp³-hybridized carbons (Fsp3) is 0.500. The van der Waals surface area contributed by atoms with Crippen LogP contribution in [-0.4, -0.2) is 21.4 Å². The predicted octanol–water partition coefficient (Wildman–Crippen LogP) is 5.03. The summed E-state index contributed by atoms with van der Waals surface area (Å²) in [6.07, 6.45) is 0.344. The van der Waals surface area contributed by atoms with Gasteiger partial charge in [0.1, 0.15) is 5.82 Å². The largest absolute Gasteiger partial charge is 0.450 e. The molecule has 1 aromatic rings. The van der Waals surface area contributed by atoms with Gasteiger partial charge >= 0.3 is 5.97 Å². The molecule has 0 saturated heterocycles. The predicted molar refractivity (Wildman–Crippen MR) is 99.7 cm³/mol. The Bertz CT molecular complexity index is 606. The van der Waals surface area contributed by atoms with E-state index in [0.29, 0.717) is 16.2 Å². The van der Waals surface area contributed by atoms with Crippen LogP contribution in [0.15, 0.2) is 24.3 Å². The van der Waals surface area contributed by atoms with E-state index in [-0.39, 0.29) is 23.5 Å². The first-order valence-corrected chi connectivity index (χ1v) is 8.97. The van der Waals surface area contributed by atoms with Crippen LogP contribution >= 0.6 is 24.0 Å². The molecule has 24 heavy (non-hydrogen) atoms. The smallest absolute Gasteiger partial charge is 0.312 e. The first-order chi connectivity index (χ1) is 11.0. The molecule has 2 atom stereocenters. The minimum atomic E-state index is -0.627. The maximum atomic E-state index is 13.0. The van der Waals surface area contributed by atoms with Crippen LogP contribution in [0.3, 0.4) is 0 Å². The third-order valence-corrected chi connectivity index (χ3v) is 4.44. The van der Waals surface area contributed by atoms with Crippen molar-refractivity contribution in [3.63, 3.8) is 0 Å². The molecule has 0 aromatic heterocycles. The Labute approximate surface area is 152 Å². The molecule has 0 aliphatic heterocycles. The molecule has 0 saturated carbocycles. The second kappa shape index (κ2) is 8.72. The van der Waals surface area contributed by atoms with Crippen molar-refractivity contribution in [3.05, 3.63) is 35.6 Å². The summed E-state index contributed by atoms with van der Waals surface area (Å²) in [5.74, 6) is -1.22. The second-order valence-corrected chi connectivity index (χ2v) is 8.95. The normalized spacial score (nSPS) is 13.9. The number of carbonyl (C=O) groups excluding carboxylic acids is 2. The summed E-state index contributed by atoms with van der Waals surface area (Å²) in [6, 6.07) is 5.43. The number of rotatable bonds is 6. The summed E-state index contributed by atoms with van der Waals surface area (Å²) in [4.78, 5) is 24.6. The summed E-state index contributed by atoms with van der Waals surface area (Å²) < 4.78 is 19.1. The van der Waals surface area contributed by atoms with E-state index in [1.165, 1.54) is 36.0 Å². The highest BCUT2D eigenvalue weighted by molar-refractivity contribution is 8.23. The quantitative estimate of drug-likeness (QED) is 0.304. The van der Waals surface area contributed by atoms with Gasteiger partial charge in [0.2, 0.25) is 0 Å². The molecule has 3 nitrogen and oxygen atoms in total. The van der Waals surface area contributed by atoms with Crippen molar-refractivity contribution in [2.45, 2.75) is 46.5 Å². The number of thioether (sulfide) groups is 1. The van der Waals surface area contributed by atoms with Gasteiger partial charge in [0.25, 0.3) is 0 Å². The maximum Gasteiger partial charge on any atom is 0.312 e. The number of benzene rings is 1. The fourth-order valence-electron chi connectivity index (χ4n) is 1.90. The lowest BCUT2D eigenvalue weighted by Gasteiger charge is -2.24. The van der Waals surface area contributed by atoms with Gasteiger partial charge in [0, 0.05) is 22.1 Å². The number of esters is 1. The molecule has 0 bridgehead atoms. The van der Waals surface area contributed by atoms with E-state index in [4.69, 9.17) is 17.0 Å². The van der Waals surface area contributed by atoms with Crippen molar-refractivity contribution in [2.24, 2.45) is 11.3 Å². The van der Waals surface area contributed by atoms with Gasteiger partial charge in [-0.3, -0.25) is 9.59 Å². The lowest BCUT2D eigenvalue weighted by Crippen LogP contribution is -2.29. The first kappa shape index (κ1) is 20.8. The zero-order chi connectivity index (χ0) is 18.5. The summed E-state index contributed by atoms with van der Waals surface area (Å²) in [5.41, 5.74) is -0.708. The number of hydrogen-bond acceptors (Lipinski definition) is 5. The van der Waals surface area contributed by atoms with E-state index in [1.807, 2.05) is 0 Å². The Morgan fingerprint density at radius 2 is 1.79 bits per heavy atom. The second-order valence-electron chi connectivity index (χ2n) is 6.70. The SMILES string of the molecule is CC(=S)SC(CC(C)C(=O)c1ccc(F)cc1)OC(=O)C(C)(C)C. The van der Waals surface area contributed by atoms with Crippen LogP contribution in [-0.2, 0) is 9.53 Å². The third-order valence-electron chi connectivity index (χ3n) is 3.27. The van der Waals surface area contributed by atoms with Gasteiger partial charge in [0.15, 0.2) is 11.2 Å². The van der Waals surface area contributed by atoms with Crippen molar-refractivity contribution in [1.29, 1.82) is 0 Å². The van der Waals surface area contributed by atoms with Crippen LogP contribution in [0.1, 0.15) is 51.4 Å². The summed E-state index contributed by atoms with van der Waals surface area (Å²) in [7, 11) is 0. The van der Waals surface area contributed by atoms with Gasteiger partial charge in [0.05, 0.1) is 5.41 Å². The number of hydrogen-bond donors (Lipinski definition) is 0. The number of thiocarbonyl (C=S) groups is 1. The molecule has 0 aliphatic carbocycles. The molecule has 0 aliphatic rings. The van der Waals surface area contributed by atoms with Crippen LogP contribution in [0, 0.1) is 17.2 Å². The van der Waals surface area contributed by atoms with Gasteiger partial charge in [-0.1, -0.05) is 30.9 Å². The standard InChI is InChI=1S/C18H23FO3S2/c1-11(16(20)13-6-8-14(19)9-7-13)10-15(24-12(2)23)22-17(21)18(3,4)5/h6-9,11,15H,10H2,1-5H3. The van der Waals surface area contributed by atoms with Gasteiger partial charge in [-0.05, 0) is 52.0 Å². The Morgan fingerprint density at radius 1 is 1.25 bits per heavy atom. The van der Waals surface area contributed by atoms with E-state index < -0.39 is 10.9 Å². The Morgan fingerprint density at radius 3 is 2.25 bits per heavy atom. The molecule has 6 heteroatoms. The monoisotopic (exact) mass is 370 g/mol. The molecule has 0 radical (unpaired) electrons. The van der Waals surface area contributed by atoms with Gasteiger partial charge in [-0.2, -0.15) is 0 Å². The highest BCUT2D eigenvalue weighted by Gasteiger charge is 2.29. The van der Waals surface area contributed by atoms with Crippen LogP contribution in [0.5, 0.6) is 0 Å². The molecule has 0 amide bonds. The van der Waals surface area contributed by atoms with Crippen molar-refractivity contribution in [1.82, 2.24) is 0 Å². The van der Waals surface area contributed by atoms with E-state index >= 15 is 0 Å². The molecule has 0 spiro atoms. The average Bonchev–Trinajstić information content (AvgIpc) is 2.45. The molecule has 0 heterocycles. The highest BCUT2D eigenvalue weighted by atomic mass is 32.2. The third kappa shape index (κ3) is 6.69. The van der Waals surface area contributed by atoms with E-state index in [0.717, 1.165) is 0 Å². The van der Waals surface area contributed by atoms with Crippen LogP contribution in [0.25, 0.3) is 0 Å². The lowest BCUT2D eigenvalue weighted by atomic mass is 9.96. The number of carbonyl (C=O) groups is 2. The van der Waals surface area contributed by atoms with Crippen molar-refractivity contribution in [3.8, 4) is 0 Å².